The Hall–Kier alpha value is -2.01. The van der Waals surface area contributed by atoms with Crippen LogP contribution >= 0.6 is 0 Å². The van der Waals surface area contributed by atoms with Crippen LogP contribution in [0.4, 0.5) is 0 Å². The second-order valence-corrected chi connectivity index (χ2v) is 4.52. The first-order valence-electron chi connectivity index (χ1n) is 6.01. The number of benzene rings is 1. The molecule has 1 aliphatic rings. The predicted octanol–water partition coefficient (Wildman–Crippen LogP) is 0.382. The number of hydrogen-bond donors (Lipinski definition) is 4. The fourth-order valence-corrected chi connectivity index (χ4v) is 2.06. The average Bonchev–Trinajstić information content (AvgIpc) is 2.28. The summed E-state index contributed by atoms with van der Waals surface area (Å²) in [7, 11) is 0. The molecule has 5 nitrogen and oxygen atoms in total. The van der Waals surface area contributed by atoms with Gasteiger partial charge in [-0.2, -0.15) is 0 Å². The van der Waals surface area contributed by atoms with Gasteiger partial charge in [-0.1, -0.05) is 30.3 Å². The molecule has 0 aromatic heterocycles. The van der Waals surface area contributed by atoms with Crippen LogP contribution in [0, 0.1) is 0 Å². The van der Waals surface area contributed by atoms with Gasteiger partial charge in [-0.3, -0.25) is 5.73 Å². The first-order valence-corrected chi connectivity index (χ1v) is 6.01. The van der Waals surface area contributed by atoms with Crippen molar-refractivity contribution in [3.63, 3.8) is 0 Å². The molecule has 0 aliphatic carbocycles. The zero-order valence-corrected chi connectivity index (χ0v) is 10.3. The van der Waals surface area contributed by atoms with Gasteiger partial charge in [0.15, 0.2) is 5.79 Å². The summed E-state index contributed by atoms with van der Waals surface area (Å²) in [6.45, 7) is 0. The normalized spacial score (nSPS) is 22.9. The van der Waals surface area contributed by atoms with Gasteiger partial charge in [0, 0.05) is 12.5 Å². The third-order valence-electron chi connectivity index (χ3n) is 2.86. The van der Waals surface area contributed by atoms with E-state index >= 15 is 0 Å². The van der Waals surface area contributed by atoms with Crippen molar-refractivity contribution < 1.29 is 0 Å². The summed E-state index contributed by atoms with van der Waals surface area (Å²) >= 11 is 0. The lowest BCUT2D eigenvalue weighted by Crippen LogP contribution is -2.55. The highest BCUT2D eigenvalue weighted by Crippen LogP contribution is 2.15. The highest BCUT2D eigenvalue weighted by molar-refractivity contribution is 5.92. The van der Waals surface area contributed by atoms with Gasteiger partial charge in [-0.25, -0.2) is 4.99 Å². The molecule has 5 heteroatoms. The fraction of sp³-hybridized carbons (Fsp3) is 0.308. The molecule has 0 saturated heterocycles. The lowest BCUT2D eigenvalue weighted by Gasteiger charge is -2.30. The van der Waals surface area contributed by atoms with Crippen LogP contribution in [-0.2, 0) is 6.42 Å². The molecular formula is C13H19N5. The lowest BCUT2D eigenvalue weighted by molar-refractivity contribution is 0.341. The Kier molecular flexibility index (Phi) is 3.53. The van der Waals surface area contributed by atoms with Crippen LogP contribution < -0.4 is 22.5 Å². The van der Waals surface area contributed by atoms with Crippen molar-refractivity contribution in [3.05, 3.63) is 47.8 Å². The van der Waals surface area contributed by atoms with Gasteiger partial charge >= 0.3 is 0 Å². The summed E-state index contributed by atoms with van der Waals surface area (Å²) in [6.07, 6.45) is 4.12. The maximum atomic E-state index is 6.10. The quantitative estimate of drug-likeness (QED) is 0.616. The molecule has 1 unspecified atom stereocenters. The van der Waals surface area contributed by atoms with Crippen LogP contribution in [0.3, 0.4) is 0 Å². The number of amidine groups is 1. The van der Waals surface area contributed by atoms with E-state index in [0.717, 1.165) is 12.8 Å². The molecule has 0 fully saturated rings. The highest BCUT2D eigenvalue weighted by atomic mass is 15.3. The van der Waals surface area contributed by atoms with Crippen molar-refractivity contribution in [1.29, 1.82) is 0 Å². The predicted molar refractivity (Wildman–Crippen MR) is 73.3 cm³/mol. The minimum absolute atomic E-state index is 0.369. The number of nitrogens with one attached hydrogen (secondary N) is 1. The molecule has 1 atom stereocenters. The second kappa shape index (κ2) is 5.10. The van der Waals surface area contributed by atoms with Crippen molar-refractivity contribution in [1.82, 2.24) is 5.32 Å². The maximum absolute atomic E-state index is 6.10. The number of nitrogens with two attached hydrogens (primary N) is 3. The topological polar surface area (TPSA) is 102 Å². The molecule has 0 radical (unpaired) electrons. The monoisotopic (exact) mass is 245 g/mol. The largest absolute Gasteiger partial charge is 0.385 e. The Morgan fingerprint density at radius 1 is 1.17 bits per heavy atom. The standard InChI is InChI=1S/C13H19N5/c14-11-9-12(15)18-13(16,17-11)8-4-7-10-5-2-1-3-6-10/h1-3,5-6,9,17H,4,7-8,14,16H2,(H2,15,18). The molecule has 0 amide bonds. The van der Waals surface area contributed by atoms with Crippen molar-refractivity contribution in [2.24, 2.45) is 22.2 Å². The van der Waals surface area contributed by atoms with Crippen LogP contribution in [-0.4, -0.2) is 11.6 Å². The van der Waals surface area contributed by atoms with E-state index in [1.807, 2.05) is 18.2 Å². The van der Waals surface area contributed by atoms with Crippen LogP contribution in [0.25, 0.3) is 0 Å². The summed E-state index contributed by atoms with van der Waals surface area (Å²) < 4.78 is 0. The summed E-state index contributed by atoms with van der Waals surface area (Å²) in [5, 5.41) is 2.96. The molecule has 1 aliphatic heterocycles. The third kappa shape index (κ3) is 3.24. The first kappa shape index (κ1) is 12.4. The van der Waals surface area contributed by atoms with Crippen LogP contribution in [0.5, 0.6) is 0 Å². The molecule has 96 valence electrons. The summed E-state index contributed by atoms with van der Waals surface area (Å²) in [5.74, 6) is -0.0456. The van der Waals surface area contributed by atoms with E-state index < -0.39 is 5.79 Å². The lowest BCUT2D eigenvalue weighted by atomic mass is 10.0. The maximum Gasteiger partial charge on any atom is 0.185 e. The number of rotatable bonds is 4. The van der Waals surface area contributed by atoms with Crippen molar-refractivity contribution in [2.75, 3.05) is 0 Å². The van der Waals surface area contributed by atoms with Crippen molar-refractivity contribution in [2.45, 2.75) is 25.0 Å². The summed E-state index contributed by atoms with van der Waals surface area (Å²) in [6, 6.07) is 10.3. The van der Waals surface area contributed by atoms with Crippen LogP contribution in [0.2, 0.25) is 0 Å². The van der Waals surface area contributed by atoms with Gasteiger partial charge in [-0.15, -0.1) is 0 Å². The van der Waals surface area contributed by atoms with Gasteiger partial charge < -0.3 is 16.8 Å². The van der Waals surface area contributed by atoms with Crippen molar-refractivity contribution >= 4 is 5.84 Å². The Labute approximate surface area is 107 Å². The average molecular weight is 245 g/mol. The molecule has 1 heterocycles. The SMILES string of the molecule is NC1=CC(N)=NC(N)(CCCc2ccccc2)N1. The fourth-order valence-electron chi connectivity index (χ4n) is 2.06. The number of aryl methyl sites for hydroxylation is 1. The van der Waals surface area contributed by atoms with Crippen LogP contribution in [0.15, 0.2) is 47.2 Å². The summed E-state index contributed by atoms with van der Waals surface area (Å²) in [5.41, 5.74) is 18.7. The second-order valence-electron chi connectivity index (χ2n) is 4.52. The van der Waals surface area contributed by atoms with E-state index in [0.29, 0.717) is 18.1 Å². The van der Waals surface area contributed by atoms with Gasteiger partial charge in [0.2, 0.25) is 0 Å². The van der Waals surface area contributed by atoms with E-state index in [1.54, 1.807) is 6.08 Å². The van der Waals surface area contributed by atoms with Gasteiger partial charge in [0.05, 0.1) is 0 Å². The highest BCUT2D eigenvalue weighted by Gasteiger charge is 2.26. The zero-order valence-electron chi connectivity index (χ0n) is 10.3. The molecule has 1 aromatic carbocycles. The minimum atomic E-state index is -0.877. The number of nitrogens with zero attached hydrogens (tertiary/aromatic N) is 1. The Balaban J connectivity index is 1.89. The van der Waals surface area contributed by atoms with E-state index in [-0.39, 0.29) is 0 Å². The third-order valence-corrected chi connectivity index (χ3v) is 2.86. The Morgan fingerprint density at radius 3 is 2.56 bits per heavy atom. The number of hydrogen-bond acceptors (Lipinski definition) is 5. The molecule has 1 aromatic rings. The minimum Gasteiger partial charge on any atom is -0.385 e. The molecule has 0 bridgehead atoms. The Morgan fingerprint density at radius 2 is 1.89 bits per heavy atom. The van der Waals surface area contributed by atoms with E-state index in [9.17, 15) is 0 Å². The smallest absolute Gasteiger partial charge is 0.185 e. The van der Waals surface area contributed by atoms with Crippen molar-refractivity contribution in [3.8, 4) is 0 Å². The number of aliphatic imine (C=N–C) groups is 1. The van der Waals surface area contributed by atoms with E-state index in [4.69, 9.17) is 17.2 Å². The van der Waals surface area contributed by atoms with Crippen LogP contribution in [0.1, 0.15) is 18.4 Å². The zero-order chi connectivity index (χ0) is 13.0. The van der Waals surface area contributed by atoms with Gasteiger partial charge in [0.1, 0.15) is 11.7 Å². The van der Waals surface area contributed by atoms with E-state index in [1.165, 1.54) is 5.56 Å². The molecular weight excluding hydrogens is 226 g/mol. The first-order chi connectivity index (χ1) is 8.57. The van der Waals surface area contributed by atoms with Gasteiger partial charge in [-0.05, 0) is 18.4 Å². The molecule has 0 spiro atoms. The van der Waals surface area contributed by atoms with Gasteiger partial charge in [0.25, 0.3) is 0 Å². The summed E-state index contributed by atoms with van der Waals surface area (Å²) in [4.78, 5) is 4.20. The molecule has 2 rings (SSSR count). The molecule has 7 N–H and O–H groups in total. The Bertz CT molecular complexity index is 466. The van der Waals surface area contributed by atoms with E-state index in [2.05, 4.69) is 22.4 Å². The molecule has 0 saturated carbocycles. The molecule has 18 heavy (non-hydrogen) atoms.